The SMILES string of the molecule is Cc1ccc([N+](=O)[O-])cc1C(=O)N(C[C@@H]1CCCO1)c1ccncc1. The maximum atomic E-state index is 13.2. The van der Waals surface area contributed by atoms with Gasteiger partial charge in [-0.2, -0.15) is 0 Å². The van der Waals surface area contributed by atoms with E-state index >= 15 is 0 Å². The molecule has 0 saturated carbocycles. The lowest BCUT2D eigenvalue weighted by molar-refractivity contribution is -0.384. The number of rotatable bonds is 5. The predicted molar refractivity (Wildman–Crippen MR) is 92.7 cm³/mol. The number of aromatic nitrogens is 1. The van der Waals surface area contributed by atoms with Gasteiger partial charge in [0.1, 0.15) is 0 Å². The summed E-state index contributed by atoms with van der Waals surface area (Å²) in [4.78, 5) is 29.3. The summed E-state index contributed by atoms with van der Waals surface area (Å²) in [6.45, 7) is 2.87. The van der Waals surface area contributed by atoms with E-state index in [9.17, 15) is 14.9 Å². The van der Waals surface area contributed by atoms with Gasteiger partial charge in [0, 0.05) is 42.4 Å². The molecule has 0 aliphatic carbocycles. The van der Waals surface area contributed by atoms with E-state index in [1.165, 1.54) is 12.1 Å². The highest BCUT2D eigenvalue weighted by Gasteiger charge is 2.26. The first kappa shape index (κ1) is 17.0. The molecule has 1 fully saturated rings. The van der Waals surface area contributed by atoms with Gasteiger partial charge in [-0.1, -0.05) is 6.07 Å². The number of ether oxygens (including phenoxy) is 1. The second-order valence-electron chi connectivity index (χ2n) is 6.01. The largest absolute Gasteiger partial charge is 0.376 e. The number of non-ortho nitro benzene ring substituents is 1. The third-order valence-electron chi connectivity index (χ3n) is 4.29. The summed E-state index contributed by atoms with van der Waals surface area (Å²) in [7, 11) is 0. The summed E-state index contributed by atoms with van der Waals surface area (Å²) < 4.78 is 5.67. The quantitative estimate of drug-likeness (QED) is 0.616. The maximum absolute atomic E-state index is 13.2. The van der Waals surface area contributed by atoms with E-state index in [0.29, 0.717) is 30.0 Å². The number of nitrogens with zero attached hydrogens (tertiary/aromatic N) is 3. The van der Waals surface area contributed by atoms with Gasteiger partial charge in [0.15, 0.2) is 0 Å². The highest BCUT2D eigenvalue weighted by atomic mass is 16.6. The minimum Gasteiger partial charge on any atom is -0.376 e. The number of pyridine rings is 1. The molecule has 1 aromatic heterocycles. The van der Waals surface area contributed by atoms with Crippen LogP contribution < -0.4 is 4.90 Å². The number of nitro benzene ring substituents is 1. The fourth-order valence-corrected chi connectivity index (χ4v) is 2.92. The molecule has 1 aliphatic heterocycles. The second-order valence-corrected chi connectivity index (χ2v) is 6.01. The number of hydrogen-bond donors (Lipinski definition) is 0. The Hall–Kier alpha value is -2.80. The number of amides is 1. The van der Waals surface area contributed by atoms with Crippen LogP contribution >= 0.6 is 0 Å². The van der Waals surface area contributed by atoms with E-state index in [1.54, 1.807) is 42.4 Å². The van der Waals surface area contributed by atoms with Crippen molar-refractivity contribution >= 4 is 17.3 Å². The Morgan fingerprint density at radius 1 is 1.36 bits per heavy atom. The topological polar surface area (TPSA) is 85.6 Å². The van der Waals surface area contributed by atoms with Crippen molar-refractivity contribution in [3.05, 3.63) is 64.0 Å². The first-order valence-electron chi connectivity index (χ1n) is 8.15. The summed E-state index contributed by atoms with van der Waals surface area (Å²) in [5.74, 6) is -0.275. The molecule has 2 heterocycles. The van der Waals surface area contributed by atoms with Crippen LogP contribution in [0.15, 0.2) is 42.7 Å². The van der Waals surface area contributed by atoms with Gasteiger partial charge < -0.3 is 9.64 Å². The van der Waals surface area contributed by atoms with Crippen molar-refractivity contribution in [2.45, 2.75) is 25.9 Å². The van der Waals surface area contributed by atoms with Gasteiger partial charge in [0.05, 0.1) is 17.6 Å². The van der Waals surface area contributed by atoms with E-state index in [2.05, 4.69) is 4.98 Å². The molecule has 3 rings (SSSR count). The molecule has 0 radical (unpaired) electrons. The Morgan fingerprint density at radius 2 is 2.12 bits per heavy atom. The lowest BCUT2D eigenvalue weighted by atomic mass is 10.1. The first-order valence-corrected chi connectivity index (χ1v) is 8.15. The molecule has 1 atom stereocenters. The molecule has 130 valence electrons. The van der Waals surface area contributed by atoms with Gasteiger partial charge in [-0.15, -0.1) is 0 Å². The highest BCUT2D eigenvalue weighted by molar-refractivity contribution is 6.07. The standard InChI is InChI=1S/C18H19N3O4/c1-13-4-5-15(21(23)24)11-17(13)18(22)20(12-16-3-2-10-25-16)14-6-8-19-9-7-14/h4-9,11,16H,2-3,10,12H2,1H3/t16-/m0/s1. The van der Waals surface area contributed by atoms with Crippen LogP contribution in [0.3, 0.4) is 0 Å². The first-order chi connectivity index (χ1) is 12.1. The zero-order chi connectivity index (χ0) is 17.8. The van der Waals surface area contributed by atoms with E-state index < -0.39 is 4.92 Å². The molecule has 7 nitrogen and oxygen atoms in total. The average molecular weight is 341 g/mol. The van der Waals surface area contributed by atoms with Crippen LogP contribution in [0.2, 0.25) is 0 Å². The smallest absolute Gasteiger partial charge is 0.270 e. The van der Waals surface area contributed by atoms with Gasteiger partial charge in [-0.05, 0) is 37.5 Å². The van der Waals surface area contributed by atoms with Crippen LogP contribution in [0.4, 0.5) is 11.4 Å². The third kappa shape index (κ3) is 3.83. The Kier molecular flexibility index (Phi) is 5.04. The molecule has 25 heavy (non-hydrogen) atoms. The van der Waals surface area contributed by atoms with Crippen molar-refractivity contribution in [2.24, 2.45) is 0 Å². The lowest BCUT2D eigenvalue weighted by Crippen LogP contribution is -2.37. The minimum absolute atomic E-state index is 0.0314. The number of hydrogen-bond acceptors (Lipinski definition) is 5. The zero-order valence-electron chi connectivity index (χ0n) is 13.9. The molecule has 1 amide bonds. The van der Waals surface area contributed by atoms with Crippen molar-refractivity contribution in [2.75, 3.05) is 18.1 Å². The molecule has 1 aromatic carbocycles. The van der Waals surface area contributed by atoms with Crippen molar-refractivity contribution in [1.29, 1.82) is 0 Å². The summed E-state index contributed by atoms with van der Waals surface area (Å²) in [5, 5.41) is 11.1. The number of benzene rings is 1. The second kappa shape index (κ2) is 7.40. The highest BCUT2D eigenvalue weighted by Crippen LogP contribution is 2.24. The molecule has 7 heteroatoms. The summed E-state index contributed by atoms with van der Waals surface area (Å²) in [6, 6.07) is 7.84. The average Bonchev–Trinajstić information content (AvgIpc) is 3.13. The lowest BCUT2D eigenvalue weighted by Gasteiger charge is -2.26. The van der Waals surface area contributed by atoms with Gasteiger partial charge in [-0.25, -0.2) is 0 Å². The Labute approximate surface area is 145 Å². The molecular formula is C18H19N3O4. The molecule has 0 spiro atoms. The van der Waals surface area contributed by atoms with Crippen molar-refractivity contribution in [3.63, 3.8) is 0 Å². The molecule has 1 aliphatic rings. The number of carbonyl (C=O) groups excluding carboxylic acids is 1. The fourth-order valence-electron chi connectivity index (χ4n) is 2.92. The van der Waals surface area contributed by atoms with Gasteiger partial charge in [-0.3, -0.25) is 19.9 Å². The van der Waals surface area contributed by atoms with E-state index in [1.807, 2.05) is 0 Å². The molecule has 0 N–H and O–H groups in total. The molecule has 2 aromatic rings. The van der Waals surface area contributed by atoms with Crippen LogP contribution in [0.1, 0.15) is 28.8 Å². The maximum Gasteiger partial charge on any atom is 0.270 e. The predicted octanol–water partition coefficient (Wildman–Crippen LogP) is 3.12. The van der Waals surface area contributed by atoms with Crippen LogP contribution in [0, 0.1) is 17.0 Å². The van der Waals surface area contributed by atoms with Crippen LogP contribution in [-0.2, 0) is 4.74 Å². The van der Waals surface area contributed by atoms with Crippen LogP contribution in [0.5, 0.6) is 0 Å². The Bertz CT molecular complexity index is 773. The van der Waals surface area contributed by atoms with Crippen molar-refractivity contribution < 1.29 is 14.5 Å². The van der Waals surface area contributed by atoms with E-state index in [4.69, 9.17) is 4.74 Å². The van der Waals surface area contributed by atoms with Gasteiger partial charge in [0.25, 0.3) is 11.6 Å². The summed E-state index contributed by atoms with van der Waals surface area (Å²) in [6.07, 6.45) is 5.06. The Morgan fingerprint density at radius 3 is 2.76 bits per heavy atom. The van der Waals surface area contributed by atoms with Crippen molar-refractivity contribution in [1.82, 2.24) is 4.98 Å². The minimum atomic E-state index is -0.493. The Balaban J connectivity index is 1.96. The van der Waals surface area contributed by atoms with E-state index in [-0.39, 0.29) is 17.7 Å². The summed E-state index contributed by atoms with van der Waals surface area (Å²) in [5.41, 5.74) is 1.62. The number of anilines is 1. The molecule has 1 saturated heterocycles. The molecule has 0 unspecified atom stereocenters. The van der Waals surface area contributed by atoms with Crippen LogP contribution in [0.25, 0.3) is 0 Å². The molecule has 0 bridgehead atoms. The number of aryl methyl sites for hydroxylation is 1. The fraction of sp³-hybridized carbons (Fsp3) is 0.333. The number of nitro groups is 1. The van der Waals surface area contributed by atoms with Crippen LogP contribution in [-0.4, -0.2) is 35.1 Å². The van der Waals surface area contributed by atoms with Gasteiger partial charge in [0.2, 0.25) is 0 Å². The van der Waals surface area contributed by atoms with E-state index in [0.717, 1.165) is 12.8 Å². The molecular weight excluding hydrogens is 322 g/mol. The number of carbonyl (C=O) groups is 1. The van der Waals surface area contributed by atoms with Crippen molar-refractivity contribution in [3.8, 4) is 0 Å². The monoisotopic (exact) mass is 341 g/mol. The third-order valence-corrected chi connectivity index (χ3v) is 4.29. The normalized spacial score (nSPS) is 16.6. The summed E-state index contributed by atoms with van der Waals surface area (Å²) >= 11 is 0. The van der Waals surface area contributed by atoms with Gasteiger partial charge >= 0.3 is 0 Å². The zero-order valence-corrected chi connectivity index (χ0v) is 13.9.